The summed E-state index contributed by atoms with van der Waals surface area (Å²) in [6.07, 6.45) is 1.94. The van der Waals surface area contributed by atoms with E-state index in [2.05, 4.69) is 10.0 Å². The molecule has 1 fully saturated rings. The Morgan fingerprint density at radius 2 is 1.67 bits per heavy atom. The molecule has 3 rings (SSSR count). The molecule has 5 nitrogen and oxygen atoms in total. The molecule has 1 amide bonds. The summed E-state index contributed by atoms with van der Waals surface area (Å²) in [6.45, 7) is 0. The molecule has 0 radical (unpaired) electrons. The second-order valence-electron chi connectivity index (χ2n) is 5.51. The van der Waals surface area contributed by atoms with E-state index < -0.39 is 26.6 Å². The number of carbonyl (C=O) groups is 1. The quantitative estimate of drug-likeness (QED) is 0.869. The number of carbonyl (C=O) groups excluding carboxylic acids is 1. The predicted molar refractivity (Wildman–Crippen MR) is 84.1 cm³/mol. The van der Waals surface area contributed by atoms with Crippen LogP contribution in [0.3, 0.4) is 0 Å². The van der Waals surface area contributed by atoms with E-state index in [9.17, 15) is 22.0 Å². The second kappa shape index (κ2) is 6.20. The molecule has 0 unspecified atom stereocenters. The first kappa shape index (κ1) is 16.4. The Hall–Kier alpha value is -2.48. The van der Waals surface area contributed by atoms with Gasteiger partial charge in [-0.05, 0) is 55.3 Å². The van der Waals surface area contributed by atoms with Gasteiger partial charge in [0.1, 0.15) is 0 Å². The van der Waals surface area contributed by atoms with Gasteiger partial charge in [-0.15, -0.1) is 0 Å². The Morgan fingerprint density at radius 3 is 2.25 bits per heavy atom. The van der Waals surface area contributed by atoms with Gasteiger partial charge in [0.25, 0.3) is 15.9 Å². The van der Waals surface area contributed by atoms with Crippen LogP contribution < -0.4 is 10.0 Å². The first-order valence-corrected chi connectivity index (χ1v) is 8.72. The van der Waals surface area contributed by atoms with Crippen LogP contribution in [0.1, 0.15) is 23.2 Å². The average molecular weight is 352 g/mol. The van der Waals surface area contributed by atoms with Crippen molar-refractivity contribution in [3.05, 3.63) is 59.7 Å². The zero-order valence-corrected chi connectivity index (χ0v) is 13.2. The molecular weight excluding hydrogens is 338 g/mol. The third-order valence-electron chi connectivity index (χ3n) is 3.51. The lowest BCUT2D eigenvalue weighted by molar-refractivity contribution is 0.0951. The van der Waals surface area contributed by atoms with Gasteiger partial charge in [-0.25, -0.2) is 17.2 Å². The van der Waals surface area contributed by atoms with Crippen LogP contribution in [-0.4, -0.2) is 20.4 Å². The topological polar surface area (TPSA) is 75.3 Å². The molecule has 2 aromatic carbocycles. The van der Waals surface area contributed by atoms with E-state index in [0.29, 0.717) is 11.6 Å². The van der Waals surface area contributed by atoms with Gasteiger partial charge in [-0.3, -0.25) is 9.52 Å². The maximum absolute atomic E-state index is 13.2. The van der Waals surface area contributed by atoms with Gasteiger partial charge < -0.3 is 5.32 Å². The summed E-state index contributed by atoms with van der Waals surface area (Å²) in [6, 6.07) is 8.38. The molecule has 1 aliphatic rings. The van der Waals surface area contributed by atoms with Crippen molar-refractivity contribution in [2.75, 3.05) is 4.72 Å². The molecule has 126 valence electrons. The molecule has 0 atom stereocenters. The van der Waals surface area contributed by atoms with Gasteiger partial charge in [-0.1, -0.05) is 0 Å². The minimum absolute atomic E-state index is 0.211. The summed E-state index contributed by atoms with van der Waals surface area (Å²) in [5.41, 5.74) is 0.625. The Labute approximate surface area is 137 Å². The number of hydrogen-bond donors (Lipinski definition) is 2. The van der Waals surface area contributed by atoms with Crippen molar-refractivity contribution in [3.8, 4) is 0 Å². The normalized spacial score (nSPS) is 14.2. The van der Waals surface area contributed by atoms with Crippen molar-refractivity contribution >= 4 is 21.6 Å². The largest absolute Gasteiger partial charge is 0.349 e. The van der Waals surface area contributed by atoms with Crippen LogP contribution in [0.25, 0.3) is 0 Å². The van der Waals surface area contributed by atoms with Crippen molar-refractivity contribution in [1.82, 2.24) is 5.32 Å². The highest BCUT2D eigenvalue weighted by Crippen LogP contribution is 2.21. The number of sulfonamides is 1. The summed E-state index contributed by atoms with van der Waals surface area (Å²) >= 11 is 0. The molecule has 0 saturated heterocycles. The Bertz CT molecular complexity index is 879. The zero-order chi connectivity index (χ0) is 17.3. The van der Waals surface area contributed by atoms with Crippen LogP contribution in [0.4, 0.5) is 14.5 Å². The predicted octanol–water partition coefficient (Wildman–Crippen LogP) is 2.66. The molecular formula is C16H14F2N2O3S. The van der Waals surface area contributed by atoms with Gasteiger partial charge >= 0.3 is 0 Å². The van der Waals surface area contributed by atoms with Crippen molar-refractivity contribution in [2.24, 2.45) is 0 Å². The molecule has 1 aliphatic carbocycles. The van der Waals surface area contributed by atoms with Crippen LogP contribution >= 0.6 is 0 Å². The smallest absolute Gasteiger partial charge is 0.261 e. The Kier molecular flexibility index (Phi) is 4.23. The number of amides is 1. The van der Waals surface area contributed by atoms with Gasteiger partial charge in [-0.2, -0.15) is 0 Å². The van der Waals surface area contributed by atoms with E-state index in [4.69, 9.17) is 0 Å². The monoisotopic (exact) mass is 352 g/mol. The highest BCUT2D eigenvalue weighted by molar-refractivity contribution is 7.92. The summed E-state index contributed by atoms with van der Waals surface area (Å²) in [7, 11) is -4.05. The maximum atomic E-state index is 13.2. The summed E-state index contributed by atoms with van der Waals surface area (Å²) in [5.74, 6) is -2.59. The van der Waals surface area contributed by atoms with E-state index in [0.717, 1.165) is 25.0 Å². The molecule has 0 heterocycles. The number of benzene rings is 2. The molecule has 1 saturated carbocycles. The maximum Gasteiger partial charge on any atom is 0.261 e. The lowest BCUT2D eigenvalue weighted by Crippen LogP contribution is -2.25. The third-order valence-corrected chi connectivity index (χ3v) is 4.89. The van der Waals surface area contributed by atoms with E-state index >= 15 is 0 Å². The molecule has 0 bridgehead atoms. The number of hydrogen-bond acceptors (Lipinski definition) is 3. The van der Waals surface area contributed by atoms with Crippen LogP contribution in [0.15, 0.2) is 47.4 Å². The minimum atomic E-state index is -4.05. The molecule has 0 aromatic heterocycles. The standard InChI is InChI=1S/C16H14F2N2O3S/c17-14-8-7-13(9-15(14)18)24(22,23)20-12-3-1-10(2-4-12)16(21)19-11-5-6-11/h1-4,7-9,11,20H,5-6H2,(H,19,21). The molecule has 24 heavy (non-hydrogen) atoms. The molecule has 2 aromatic rings. The van der Waals surface area contributed by atoms with Crippen molar-refractivity contribution in [1.29, 1.82) is 0 Å². The van der Waals surface area contributed by atoms with Crippen LogP contribution in [0.5, 0.6) is 0 Å². The number of nitrogens with one attached hydrogen (secondary N) is 2. The van der Waals surface area contributed by atoms with E-state index in [1.807, 2.05) is 0 Å². The molecule has 0 aliphatic heterocycles. The van der Waals surface area contributed by atoms with Crippen LogP contribution in [-0.2, 0) is 10.0 Å². The lowest BCUT2D eigenvalue weighted by Gasteiger charge is -2.09. The fourth-order valence-corrected chi connectivity index (χ4v) is 3.11. The number of rotatable bonds is 5. The van der Waals surface area contributed by atoms with Crippen LogP contribution in [0, 0.1) is 11.6 Å². The van der Waals surface area contributed by atoms with Gasteiger partial charge in [0.15, 0.2) is 11.6 Å². The zero-order valence-electron chi connectivity index (χ0n) is 12.4. The molecule has 0 spiro atoms. The average Bonchev–Trinajstić information content (AvgIpc) is 3.34. The summed E-state index contributed by atoms with van der Waals surface area (Å²) < 4.78 is 52.7. The van der Waals surface area contributed by atoms with Crippen molar-refractivity contribution in [2.45, 2.75) is 23.8 Å². The Morgan fingerprint density at radius 1 is 1.00 bits per heavy atom. The summed E-state index contributed by atoms with van der Waals surface area (Å²) in [5, 5.41) is 2.82. The van der Waals surface area contributed by atoms with E-state index in [1.165, 1.54) is 24.3 Å². The second-order valence-corrected chi connectivity index (χ2v) is 7.19. The molecule has 8 heteroatoms. The minimum Gasteiger partial charge on any atom is -0.349 e. The Balaban J connectivity index is 1.74. The third kappa shape index (κ3) is 3.70. The number of halogens is 2. The fraction of sp³-hybridized carbons (Fsp3) is 0.188. The molecule has 2 N–H and O–H groups in total. The van der Waals surface area contributed by atoms with E-state index in [-0.39, 0.29) is 17.6 Å². The van der Waals surface area contributed by atoms with Gasteiger partial charge in [0, 0.05) is 17.3 Å². The van der Waals surface area contributed by atoms with E-state index in [1.54, 1.807) is 0 Å². The first-order valence-electron chi connectivity index (χ1n) is 7.24. The highest BCUT2D eigenvalue weighted by Gasteiger charge is 2.23. The fourth-order valence-electron chi connectivity index (χ4n) is 2.04. The lowest BCUT2D eigenvalue weighted by atomic mass is 10.2. The highest BCUT2D eigenvalue weighted by atomic mass is 32.2. The van der Waals surface area contributed by atoms with Gasteiger partial charge in [0.2, 0.25) is 0 Å². The van der Waals surface area contributed by atoms with Crippen LogP contribution in [0.2, 0.25) is 0 Å². The number of anilines is 1. The van der Waals surface area contributed by atoms with Gasteiger partial charge in [0.05, 0.1) is 4.90 Å². The van der Waals surface area contributed by atoms with Crippen molar-refractivity contribution in [3.63, 3.8) is 0 Å². The SMILES string of the molecule is O=C(NC1CC1)c1ccc(NS(=O)(=O)c2ccc(F)c(F)c2)cc1. The summed E-state index contributed by atoms with van der Waals surface area (Å²) in [4.78, 5) is 11.5. The van der Waals surface area contributed by atoms with Crippen molar-refractivity contribution < 1.29 is 22.0 Å². The first-order chi connectivity index (χ1) is 11.3.